The Bertz CT molecular complexity index is 1600. The molecule has 3 amide bonds. The van der Waals surface area contributed by atoms with Crippen molar-refractivity contribution in [1.82, 2.24) is 14.5 Å². The molecular weight excluding hydrogens is 587 g/mol. The fourth-order valence-electron chi connectivity index (χ4n) is 5.92. The number of nitrogens with zero attached hydrogens (tertiary/aromatic N) is 3. The molecule has 3 aliphatic rings. The van der Waals surface area contributed by atoms with Crippen LogP contribution in [0.15, 0.2) is 47.5 Å². The number of halogens is 3. The van der Waals surface area contributed by atoms with Crippen molar-refractivity contribution in [2.24, 2.45) is 10.7 Å². The molecule has 0 bridgehead atoms. The zero-order valence-electron chi connectivity index (χ0n) is 23.5. The molecule has 5 rings (SSSR count). The van der Waals surface area contributed by atoms with Gasteiger partial charge in [0.2, 0.25) is 15.9 Å². The fourth-order valence-corrected chi connectivity index (χ4v) is 7.39. The van der Waals surface area contributed by atoms with Crippen LogP contribution in [0.5, 0.6) is 0 Å². The number of piperidine rings is 1. The highest BCUT2D eigenvalue weighted by molar-refractivity contribution is 7.89. The Morgan fingerprint density at radius 2 is 1.84 bits per heavy atom. The van der Waals surface area contributed by atoms with Gasteiger partial charge in [-0.25, -0.2) is 12.7 Å². The molecule has 3 heterocycles. The number of alkyl halides is 3. The largest absolute Gasteiger partial charge is 0.416 e. The standard InChI is InChI=1S/C29H32F3N5O5S/c1-18-16-21(26(39)37-12-3-6-23(37)24(33)38)8-7-19(18)9-15-43(41,42)36-13-10-28(11-14-36)27(40)34-25(35-28)20-4-2-5-22(17-20)29(30,31)32/h2,4-5,7-8,16-17,23H,3,6,9-15H2,1H3,(H2,33,38)(H,34,35,40)/t23-/m0/s1. The summed E-state index contributed by atoms with van der Waals surface area (Å²) in [4.78, 5) is 43.4. The molecule has 3 aliphatic heterocycles. The van der Waals surface area contributed by atoms with Gasteiger partial charge in [0, 0.05) is 30.8 Å². The molecule has 0 aromatic heterocycles. The van der Waals surface area contributed by atoms with Gasteiger partial charge in [0.15, 0.2) is 0 Å². The van der Waals surface area contributed by atoms with Gasteiger partial charge in [-0.15, -0.1) is 0 Å². The van der Waals surface area contributed by atoms with E-state index >= 15 is 0 Å². The van der Waals surface area contributed by atoms with Gasteiger partial charge in [0.25, 0.3) is 11.8 Å². The number of amides is 3. The summed E-state index contributed by atoms with van der Waals surface area (Å²) in [5.74, 6) is -1.43. The quantitative estimate of drug-likeness (QED) is 0.490. The lowest BCUT2D eigenvalue weighted by atomic mass is 9.89. The number of hydrogen-bond donors (Lipinski definition) is 2. The van der Waals surface area contributed by atoms with Crippen LogP contribution in [0.25, 0.3) is 0 Å². The van der Waals surface area contributed by atoms with Gasteiger partial charge in [-0.2, -0.15) is 13.2 Å². The number of rotatable bonds is 7. The van der Waals surface area contributed by atoms with Gasteiger partial charge >= 0.3 is 6.18 Å². The molecule has 2 fully saturated rings. The first-order chi connectivity index (χ1) is 20.2. The van der Waals surface area contributed by atoms with E-state index in [1.807, 2.05) is 0 Å². The average Bonchev–Trinajstić information content (AvgIpc) is 3.57. The second-order valence-corrected chi connectivity index (χ2v) is 13.3. The van der Waals surface area contributed by atoms with Crippen LogP contribution in [0.4, 0.5) is 13.2 Å². The van der Waals surface area contributed by atoms with Gasteiger partial charge in [-0.05, 0) is 74.4 Å². The van der Waals surface area contributed by atoms with Crippen molar-refractivity contribution in [3.8, 4) is 0 Å². The Morgan fingerprint density at radius 1 is 1.12 bits per heavy atom. The highest BCUT2D eigenvalue weighted by Crippen LogP contribution is 2.34. The summed E-state index contributed by atoms with van der Waals surface area (Å²) < 4.78 is 67.2. The lowest BCUT2D eigenvalue weighted by Crippen LogP contribution is -2.50. The number of sulfonamides is 1. The van der Waals surface area contributed by atoms with Crippen molar-refractivity contribution in [1.29, 1.82) is 0 Å². The highest BCUT2D eigenvalue weighted by atomic mass is 32.2. The first-order valence-corrected chi connectivity index (χ1v) is 15.6. The van der Waals surface area contributed by atoms with Crippen molar-refractivity contribution in [3.63, 3.8) is 0 Å². The maximum Gasteiger partial charge on any atom is 0.416 e. The van der Waals surface area contributed by atoms with Crippen LogP contribution in [-0.2, 0) is 32.2 Å². The molecule has 230 valence electrons. The van der Waals surface area contributed by atoms with E-state index in [9.17, 15) is 36.0 Å². The van der Waals surface area contributed by atoms with E-state index in [-0.39, 0.29) is 55.4 Å². The van der Waals surface area contributed by atoms with E-state index < -0.39 is 45.2 Å². The molecule has 2 aromatic carbocycles. The third-order valence-corrected chi connectivity index (χ3v) is 10.3. The Kier molecular flexibility index (Phi) is 8.11. The van der Waals surface area contributed by atoms with E-state index in [1.54, 1.807) is 25.1 Å². The Morgan fingerprint density at radius 3 is 2.49 bits per heavy atom. The number of likely N-dealkylation sites (tertiary alicyclic amines) is 1. The third-order valence-electron chi connectivity index (χ3n) is 8.45. The van der Waals surface area contributed by atoms with Crippen LogP contribution in [0, 0.1) is 6.92 Å². The van der Waals surface area contributed by atoms with Crippen LogP contribution in [0.2, 0.25) is 0 Å². The number of benzene rings is 2. The number of aliphatic imine (C=N–C) groups is 1. The zero-order valence-corrected chi connectivity index (χ0v) is 24.3. The number of hydrogen-bond acceptors (Lipinski definition) is 6. The summed E-state index contributed by atoms with van der Waals surface area (Å²) in [5, 5.41) is 2.58. The molecular formula is C29H32F3N5O5S. The minimum Gasteiger partial charge on any atom is -0.368 e. The van der Waals surface area contributed by atoms with Gasteiger partial charge < -0.3 is 16.0 Å². The second kappa shape index (κ2) is 11.4. The lowest BCUT2D eigenvalue weighted by Gasteiger charge is -2.34. The predicted octanol–water partition coefficient (Wildman–Crippen LogP) is 2.39. The summed E-state index contributed by atoms with van der Waals surface area (Å²) in [5.41, 5.74) is 5.37. The molecule has 2 aromatic rings. The van der Waals surface area contributed by atoms with Crippen LogP contribution in [0.1, 0.15) is 58.3 Å². The van der Waals surface area contributed by atoms with Crippen molar-refractivity contribution in [3.05, 3.63) is 70.3 Å². The lowest BCUT2D eigenvalue weighted by molar-refractivity contribution is -0.137. The van der Waals surface area contributed by atoms with E-state index in [0.29, 0.717) is 24.9 Å². The summed E-state index contributed by atoms with van der Waals surface area (Å²) >= 11 is 0. The fraction of sp³-hybridized carbons (Fsp3) is 0.448. The van der Waals surface area contributed by atoms with Crippen LogP contribution >= 0.6 is 0 Å². The van der Waals surface area contributed by atoms with Crippen LogP contribution < -0.4 is 11.1 Å². The molecule has 1 atom stereocenters. The Hall–Kier alpha value is -3.78. The normalized spacial score (nSPS) is 20.7. The summed E-state index contributed by atoms with van der Waals surface area (Å²) in [6, 6.07) is 8.92. The molecule has 0 saturated carbocycles. The number of aryl methyl sites for hydroxylation is 2. The molecule has 14 heteroatoms. The second-order valence-electron chi connectivity index (χ2n) is 11.2. The molecule has 43 heavy (non-hydrogen) atoms. The number of nitrogens with one attached hydrogen (secondary N) is 1. The predicted molar refractivity (Wildman–Crippen MR) is 152 cm³/mol. The summed E-state index contributed by atoms with van der Waals surface area (Å²) in [6.45, 7) is 2.32. The maximum absolute atomic E-state index is 13.2. The van der Waals surface area contributed by atoms with E-state index in [1.165, 1.54) is 21.3 Å². The molecule has 2 saturated heterocycles. The minimum atomic E-state index is -4.54. The minimum absolute atomic E-state index is 0.0401. The highest BCUT2D eigenvalue weighted by Gasteiger charge is 2.47. The average molecular weight is 620 g/mol. The van der Waals surface area contributed by atoms with Crippen LogP contribution in [0.3, 0.4) is 0 Å². The smallest absolute Gasteiger partial charge is 0.368 e. The number of primary amides is 1. The van der Waals surface area contributed by atoms with Crippen molar-refractivity contribution in [2.75, 3.05) is 25.4 Å². The molecule has 10 nitrogen and oxygen atoms in total. The van der Waals surface area contributed by atoms with Gasteiger partial charge in [0.05, 0.1) is 11.3 Å². The first kappa shape index (κ1) is 30.7. The van der Waals surface area contributed by atoms with Gasteiger partial charge in [0.1, 0.15) is 17.4 Å². The molecule has 0 aliphatic carbocycles. The summed E-state index contributed by atoms with van der Waals surface area (Å²) in [7, 11) is -3.70. The summed E-state index contributed by atoms with van der Waals surface area (Å²) in [6.07, 6.45) is -2.92. The van der Waals surface area contributed by atoms with Gasteiger partial charge in [-0.1, -0.05) is 18.2 Å². The number of nitrogens with two attached hydrogens (primary N) is 1. The van der Waals surface area contributed by atoms with Crippen molar-refractivity contribution >= 4 is 33.6 Å². The molecule has 3 N–H and O–H groups in total. The SMILES string of the molecule is Cc1cc(C(=O)N2CCC[C@H]2C(N)=O)ccc1CCS(=O)(=O)N1CCC2(CC1)N=C(c1cccc(C(F)(F)F)c1)NC2=O. The molecule has 1 spiro atoms. The van der Waals surface area contributed by atoms with E-state index in [4.69, 9.17) is 5.73 Å². The molecule has 0 unspecified atom stereocenters. The zero-order chi connectivity index (χ0) is 31.2. The van der Waals surface area contributed by atoms with Crippen LogP contribution in [-0.4, -0.2) is 78.1 Å². The Balaban J connectivity index is 1.21. The first-order valence-electron chi connectivity index (χ1n) is 14.0. The maximum atomic E-state index is 13.2. The van der Waals surface area contributed by atoms with Crippen molar-refractivity contribution in [2.45, 2.75) is 56.8 Å². The monoisotopic (exact) mass is 619 g/mol. The molecule has 0 radical (unpaired) electrons. The van der Waals surface area contributed by atoms with E-state index in [2.05, 4.69) is 10.3 Å². The topological polar surface area (TPSA) is 142 Å². The number of amidine groups is 1. The Labute approximate surface area is 247 Å². The third kappa shape index (κ3) is 6.16. The van der Waals surface area contributed by atoms with E-state index in [0.717, 1.165) is 23.3 Å². The number of carbonyl (C=O) groups excluding carboxylic acids is 3. The number of carbonyl (C=O) groups is 3. The van der Waals surface area contributed by atoms with Gasteiger partial charge in [-0.3, -0.25) is 19.4 Å². The van der Waals surface area contributed by atoms with Crippen molar-refractivity contribution < 1.29 is 36.0 Å².